The fraction of sp³-hybridized carbons (Fsp3) is 0.688. The topological polar surface area (TPSA) is 63.8 Å². The van der Waals surface area contributed by atoms with Gasteiger partial charge in [-0.05, 0) is 31.6 Å². The number of piperidine rings is 1. The van der Waals surface area contributed by atoms with Crippen LogP contribution in [0.3, 0.4) is 0 Å². The van der Waals surface area contributed by atoms with Crippen LogP contribution in [-0.4, -0.2) is 27.2 Å². The molecule has 118 valence electrons. The monoisotopic (exact) mass is 318 g/mol. The van der Waals surface area contributed by atoms with Crippen LogP contribution in [0.5, 0.6) is 0 Å². The van der Waals surface area contributed by atoms with Crippen molar-refractivity contribution in [2.75, 3.05) is 0 Å². The molecule has 2 aromatic heterocycles. The summed E-state index contributed by atoms with van der Waals surface area (Å²) in [6, 6.07) is 1.29. The maximum Gasteiger partial charge on any atom is 0.269 e. The van der Waals surface area contributed by atoms with E-state index >= 15 is 0 Å². The van der Waals surface area contributed by atoms with Crippen LogP contribution in [0, 0.1) is 5.92 Å². The SMILES string of the molecule is CC(C)Cc1ncc(-c2nc(C3CC4CCC(C3)N4)no2)s1. The fourth-order valence-electron chi connectivity index (χ4n) is 3.62. The Hall–Kier alpha value is -1.27. The molecule has 2 saturated heterocycles. The van der Waals surface area contributed by atoms with Gasteiger partial charge in [0.25, 0.3) is 5.89 Å². The third-order valence-corrected chi connectivity index (χ3v) is 5.63. The second-order valence-corrected chi connectivity index (χ2v) is 8.10. The number of hydrogen-bond acceptors (Lipinski definition) is 6. The van der Waals surface area contributed by atoms with Crippen molar-refractivity contribution < 1.29 is 4.52 Å². The Bertz CT molecular complexity index is 638. The van der Waals surface area contributed by atoms with Gasteiger partial charge in [0, 0.05) is 24.4 Å². The molecule has 4 rings (SSSR count). The van der Waals surface area contributed by atoms with Crippen molar-refractivity contribution in [3.63, 3.8) is 0 Å². The number of rotatable bonds is 4. The van der Waals surface area contributed by atoms with E-state index in [0.717, 1.165) is 35.0 Å². The molecule has 4 heterocycles. The van der Waals surface area contributed by atoms with Gasteiger partial charge in [0.2, 0.25) is 0 Å². The number of nitrogens with one attached hydrogen (secondary N) is 1. The Kier molecular flexibility index (Phi) is 3.74. The lowest BCUT2D eigenvalue weighted by molar-refractivity contribution is 0.340. The van der Waals surface area contributed by atoms with Crippen molar-refractivity contribution in [1.82, 2.24) is 20.4 Å². The molecule has 2 aromatic rings. The van der Waals surface area contributed by atoms with Crippen molar-refractivity contribution in [3.8, 4) is 10.8 Å². The summed E-state index contributed by atoms with van der Waals surface area (Å²) < 4.78 is 5.50. The number of thiazole rings is 1. The highest BCUT2D eigenvalue weighted by Gasteiger charge is 2.36. The lowest BCUT2D eigenvalue weighted by Gasteiger charge is -2.26. The maximum absolute atomic E-state index is 5.50. The molecule has 0 radical (unpaired) electrons. The van der Waals surface area contributed by atoms with E-state index in [9.17, 15) is 0 Å². The largest absolute Gasteiger partial charge is 0.333 e. The molecule has 5 nitrogen and oxygen atoms in total. The quantitative estimate of drug-likeness (QED) is 0.936. The first-order chi connectivity index (χ1) is 10.7. The summed E-state index contributed by atoms with van der Waals surface area (Å²) >= 11 is 1.67. The fourth-order valence-corrected chi connectivity index (χ4v) is 4.67. The number of hydrogen-bond donors (Lipinski definition) is 1. The number of fused-ring (bicyclic) bond motifs is 2. The van der Waals surface area contributed by atoms with Gasteiger partial charge in [-0.2, -0.15) is 4.98 Å². The average Bonchev–Trinajstić information content (AvgIpc) is 3.18. The molecule has 1 N–H and O–H groups in total. The third kappa shape index (κ3) is 2.82. The normalized spacial score (nSPS) is 27.7. The highest BCUT2D eigenvalue weighted by molar-refractivity contribution is 7.15. The summed E-state index contributed by atoms with van der Waals surface area (Å²) in [5.74, 6) is 2.57. The summed E-state index contributed by atoms with van der Waals surface area (Å²) in [5.41, 5.74) is 0. The van der Waals surface area contributed by atoms with Crippen molar-refractivity contribution in [1.29, 1.82) is 0 Å². The van der Waals surface area contributed by atoms with E-state index in [4.69, 9.17) is 4.52 Å². The molecule has 0 aromatic carbocycles. The molecular weight excluding hydrogens is 296 g/mol. The lowest BCUT2D eigenvalue weighted by atomic mass is 9.92. The van der Waals surface area contributed by atoms with Crippen LogP contribution in [0.4, 0.5) is 0 Å². The van der Waals surface area contributed by atoms with Gasteiger partial charge >= 0.3 is 0 Å². The minimum atomic E-state index is 0.444. The van der Waals surface area contributed by atoms with Gasteiger partial charge in [-0.3, -0.25) is 0 Å². The smallest absolute Gasteiger partial charge is 0.269 e. The van der Waals surface area contributed by atoms with Crippen molar-refractivity contribution in [2.24, 2.45) is 5.92 Å². The van der Waals surface area contributed by atoms with E-state index in [2.05, 4.69) is 34.3 Å². The van der Waals surface area contributed by atoms with Gasteiger partial charge in [0.05, 0.1) is 11.2 Å². The Morgan fingerprint density at radius 3 is 2.82 bits per heavy atom. The van der Waals surface area contributed by atoms with E-state index in [1.54, 1.807) is 11.3 Å². The van der Waals surface area contributed by atoms with Crippen molar-refractivity contribution in [2.45, 2.75) is 64.0 Å². The predicted octanol–water partition coefficient (Wildman–Crippen LogP) is 3.39. The van der Waals surface area contributed by atoms with Crippen LogP contribution in [0.25, 0.3) is 10.8 Å². The van der Waals surface area contributed by atoms with Gasteiger partial charge in [-0.15, -0.1) is 11.3 Å². The molecule has 0 saturated carbocycles. The molecule has 2 fully saturated rings. The predicted molar refractivity (Wildman–Crippen MR) is 85.9 cm³/mol. The molecule has 2 aliphatic heterocycles. The van der Waals surface area contributed by atoms with E-state index in [0.29, 0.717) is 29.8 Å². The molecule has 2 atom stereocenters. The summed E-state index contributed by atoms with van der Waals surface area (Å²) in [6.45, 7) is 4.41. The van der Waals surface area contributed by atoms with Crippen molar-refractivity contribution in [3.05, 3.63) is 17.0 Å². The third-order valence-electron chi connectivity index (χ3n) is 4.63. The minimum absolute atomic E-state index is 0.444. The van der Waals surface area contributed by atoms with E-state index in [1.165, 1.54) is 12.8 Å². The molecular formula is C16H22N4OS. The van der Waals surface area contributed by atoms with Crippen LogP contribution >= 0.6 is 11.3 Å². The highest BCUT2D eigenvalue weighted by atomic mass is 32.1. The Morgan fingerprint density at radius 2 is 2.09 bits per heavy atom. The van der Waals surface area contributed by atoms with Crippen molar-refractivity contribution >= 4 is 11.3 Å². The molecule has 0 amide bonds. The summed E-state index contributed by atoms with van der Waals surface area (Å²) in [5, 5.41) is 9.05. The average molecular weight is 318 g/mol. The molecule has 22 heavy (non-hydrogen) atoms. The molecule has 6 heteroatoms. The van der Waals surface area contributed by atoms with E-state index in [-0.39, 0.29) is 0 Å². The van der Waals surface area contributed by atoms with Gasteiger partial charge in [0.15, 0.2) is 5.82 Å². The minimum Gasteiger partial charge on any atom is -0.333 e. The number of nitrogens with zero attached hydrogens (tertiary/aromatic N) is 3. The lowest BCUT2D eigenvalue weighted by Crippen LogP contribution is -2.37. The first-order valence-corrected chi connectivity index (χ1v) is 9.03. The zero-order valence-electron chi connectivity index (χ0n) is 13.1. The second-order valence-electron chi connectivity index (χ2n) is 6.98. The van der Waals surface area contributed by atoms with E-state index < -0.39 is 0 Å². The van der Waals surface area contributed by atoms with E-state index in [1.807, 2.05) is 6.20 Å². The second kappa shape index (κ2) is 5.74. The summed E-state index contributed by atoms with van der Waals surface area (Å²) in [7, 11) is 0. The molecule has 2 unspecified atom stereocenters. The zero-order valence-corrected chi connectivity index (χ0v) is 13.9. The molecule has 0 aliphatic carbocycles. The molecule has 2 aliphatic rings. The molecule has 0 spiro atoms. The standard InChI is InChI=1S/C16H22N4OS/c1-9(2)5-14-17-8-13(22-14)16-19-15(20-21-16)10-6-11-3-4-12(7-10)18-11/h8-12,18H,3-7H2,1-2H3. The maximum atomic E-state index is 5.50. The van der Waals surface area contributed by atoms with Crippen LogP contribution < -0.4 is 5.32 Å². The first kappa shape index (κ1) is 14.3. The van der Waals surface area contributed by atoms with Crippen LogP contribution in [0.2, 0.25) is 0 Å². The zero-order chi connectivity index (χ0) is 15.1. The van der Waals surface area contributed by atoms with Gasteiger partial charge in [-0.25, -0.2) is 4.98 Å². The Labute approximate surface area is 134 Å². The highest BCUT2D eigenvalue weighted by Crippen LogP contribution is 2.37. The summed E-state index contributed by atoms with van der Waals surface area (Å²) in [6.07, 6.45) is 7.72. The van der Waals surface area contributed by atoms with Crippen LogP contribution in [0.1, 0.15) is 56.3 Å². The van der Waals surface area contributed by atoms with Crippen LogP contribution in [-0.2, 0) is 6.42 Å². The van der Waals surface area contributed by atoms with Gasteiger partial charge in [0.1, 0.15) is 4.88 Å². The first-order valence-electron chi connectivity index (χ1n) is 8.22. The van der Waals surface area contributed by atoms with Gasteiger partial charge in [-0.1, -0.05) is 19.0 Å². The van der Waals surface area contributed by atoms with Crippen LogP contribution in [0.15, 0.2) is 10.7 Å². The van der Waals surface area contributed by atoms with Gasteiger partial charge < -0.3 is 9.84 Å². The Morgan fingerprint density at radius 1 is 1.32 bits per heavy atom. The molecule has 2 bridgehead atoms. The summed E-state index contributed by atoms with van der Waals surface area (Å²) in [4.78, 5) is 10.1. The Balaban J connectivity index is 1.50. The number of aromatic nitrogens is 3.